The Bertz CT molecular complexity index is 670. The van der Waals surface area contributed by atoms with Crippen LogP contribution in [0.1, 0.15) is 6.42 Å². The first-order valence-corrected chi connectivity index (χ1v) is 5.50. The Morgan fingerprint density at radius 1 is 1.35 bits per heavy atom. The highest BCUT2D eigenvalue weighted by molar-refractivity contribution is 5.88. The Morgan fingerprint density at radius 2 is 2.18 bits per heavy atom. The van der Waals surface area contributed by atoms with Gasteiger partial charge < -0.3 is 5.11 Å². The van der Waals surface area contributed by atoms with Crippen molar-refractivity contribution in [1.29, 1.82) is 0 Å². The molecule has 1 aliphatic carbocycles. The van der Waals surface area contributed by atoms with Crippen LogP contribution >= 0.6 is 0 Å². The molecule has 1 N–H and O–H groups in total. The van der Waals surface area contributed by atoms with E-state index in [2.05, 4.69) is 4.99 Å². The highest BCUT2D eigenvalue weighted by Crippen LogP contribution is 2.31. The first-order valence-electron chi connectivity index (χ1n) is 5.50. The SMILES string of the molecule is O=C(O)C12CC=CC=C1C=c1ccccc1=N2. The molecule has 0 saturated heterocycles. The molecular formula is C14H11NO2. The number of aliphatic carboxylic acids is 1. The minimum absolute atomic E-state index is 0.416. The summed E-state index contributed by atoms with van der Waals surface area (Å²) in [6, 6.07) is 7.60. The summed E-state index contributed by atoms with van der Waals surface area (Å²) >= 11 is 0. The van der Waals surface area contributed by atoms with E-state index in [1.165, 1.54) is 0 Å². The normalized spacial score (nSPS) is 24.8. The van der Waals surface area contributed by atoms with Crippen LogP contribution in [0.4, 0.5) is 0 Å². The van der Waals surface area contributed by atoms with E-state index in [4.69, 9.17) is 0 Å². The highest BCUT2D eigenvalue weighted by atomic mass is 16.4. The molecule has 3 rings (SSSR count). The molecule has 17 heavy (non-hydrogen) atoms. The van der Waals surface area contributed by atoms with E-state index in [-0.39, 0.29) is 0 Å². The number of nitrogens with zero attached hydrogens (tertiary/aromatic N) is 1. The standard InChI is InChI=1S/C14H11NO2/c16-13(17)14-8-4-3-6-11(14)9-10-5-1-2-7-12(10)15-14/h1-7,9H,8H2,(H,16,17). The lowest BCUT2D eigenvalue weighted by atomic mass is 9.81. The van der Waals surface area contributed by atoms with Gasteiger partial charge in [-0.15, -0.1) is 0 Å². The minimum atomic E-state index is -1.12. The van der Waals surface area contributed by atoms with Crippen LogP contribution in [0.25, 0.3) is 6.08 Å². The van der Waals surface area contributed by atoms with E-state index in [0.29, 0.717) is 6.42 Å². The smallest absolute Gasteiger partial charge is 0.336 e. The number of allylic oxidation sites excluding steroid dienone is 2. The molecule has 1 aromatic rings. The van der Waals surface area contributed by atoms with E-state index in [0.717, 1.165) is 16.1 Å². The summed E-state index contributed by atoms with van der Waals surface area (Å²) in [5, 5.41) is 11.2. The second-order valence-electron chi connectivity index (χ2n) is 4.23. The average molecular weight is 225 g/mol. The second kappa shape index (κ2) is 3.42. The molecule has 1 aliphatic heterocycles. The number of para-hydroxylation sites is 1. The number of hydrogen-bond acceptors (Lipinski definition) is 2. The van der Waals surface area contributed by atoms with Gasteiger partial charge in [0.05, 0.1) is 5.36 Å². The third-order valence-electron chi connectivity index (χ3n) is 3.22. The van der Waals surface area contributed by atoms with Gasteiger partial charge in [0.15, 0.2) is 5.54 Å². The molecule has 1 heterocycles. The number of carboxylic acids is 1. The van der Waals surface area contributed by atoms with Crippen LogP contribution in [0, 0.1) is 0 Å². The van der Waals surface area contributed by atoms with Gasteiger partial charge in [0.1, 0.15) is 0 Å². The fourth-order valence-corrected chi connectivity index (χ4v) is 2.29. The zero-order valence-corrected chi connectivity index (χ0v) is 9.13. The van der Waals surface area contributed by atoms with Crippen molar-refractivity contribution in [2.24, 2.45) is 4.99 Å². The Labute approximate surface area is 98.1 Å². The van der Waals surface area contributed by atoms with Crippen molar-refractivity contribution in [3.05, 3.63) is 58.6 Å². The first kappa shape index (κ1) is 10.0. The maximum Gasteiger partial charge on any atom is 0.336 e. The van der Waals surface area contributed by atoms with Gasteiger partial charge in [0, 0.05) is 11.6 Å². The molecule has 1 atom stereocenters. The van der Waals surface area contributed by atoms with Gasteiger partial charge in [-0.25, -0.2) is 4.79 Å². The average Bonchev–Trinajstić information content (AvgIpc) is 2.36. The molecule has 1 aromatic carbocycles. The van der Waals surface area contributed by atoms with Crippen molar-refractivity contribution in [1.82, 2.24) is 0 Å². The minimum Gasteiger partial charge on any atom is -0.479 e. The Morgan fingerprint density at radius 3 is 3.00 bits per heavy atom. The van der Waals surface area contributed by atoms with Gasteiger partial charge in [-0.3, -0.25) is 4.99 Å². The van der Waals surface area contributed by atoms with E-state index in [1.54, 1.807) is 0 Å². The van der Waals surface area contributed by atoms with Crippen LogP contribution in [-0.4, -0.2) is 16.6 Å². The maximum atomic E-state index is 11.5. The summed E-state index contributed by atoms with van der Waals surface area (Å²) in [4.78, 5) is 16.0. The van der Waals surface area contributed by atoms with E-state index in [9.17, 15) is 9.90 Å². The van der Waals surface area contributed by atoms with Crippen molar-refractivity contribution in [2.75, 3.05) is 0 Å². The molecule has 0 bridgehead atoms. The number of carbonyl (C=O) groups is 1. The molecule has 0 spiro atoms. The molecular weight excluding hydrogens is 214 g/mol. The van der Waals surface area contributed by atoms with Crippen molar-refractivity contribution in [2.45, 2.75) is 12.0 Å². The molecule has 0 saturated carbocycles. The van der Waals surface area contributed by atoms with E-state index >= 15 is 0 Å². The Kier molecular flexibility index (Phi) is 2.01. The largest absolute Gasteiger partial charge is 0.479 e. The van der Waals surface area contributed by atoms with Crippen molar-refractivity contribution >= 4 is 12.0 Å². The third-order valence-corrected chi connectivity index (χ3v) is 3.22. The number of rotatable bonds is 1. The number of carboxylic acid groups (broad SMARTS) is 1. The zero-order chi connectivity index (χ0) is 11.9. The van der Waals surface area contributed by atoms with Gasteiger partial charge >= 0.3 is 5.97 Å². The third kappa shape index (κ3) is 1.35. The summed E-state index contributed by atoms with van der Waals surface area (Å²) < 4.78 is 0. The van der Waals surface area contributed by atoms with E-state index < -0.39 is 11.5 Å². The lowest BCUT2D eigenvalue weighted by Crippen LogP contribution is -2.46. The van der Waals surface area contributed by atoms with Crippen LogP contribution in [0.5, 0.6) is 0 Å². The fourth-order valence-electron chi connectivity index (χ4n) is 2.29. The molecule has 0 aromatic heterocycles. The summed E-state index contributed by atoms with van der Waals surface area (Å²) in [7, 11) is 0. The van der Waals surface area contributed by atoms with Crippen LogP contribution in [0.2, 0.25) is 0 Å². The fraction of sp³-hybridized carbons (Fsp3) is 0.143. The lowest BCUT2D eigenvalue weighted by Gasteiger charge is -2.29. The topological polar surface area (TPSA) is 49.7 Å². The maximum absolute atomic E-state index is 11.5. The summed E-state index contributed by atoms with van der Waals surface area (Å²) in [6.45, 7) is 0. The molecule has 3 nitrogen and oxygen atoms in total. The van der Waals surface area contributed by atoms with Crippen LogP contribution in [0.15, 0.2) is 53.1 Å². The monoisotopic (exact) mass is 225 g/mol. The van der Waals surface area contributed by atoms with Gasteiger partial charge in [-0.2, -0.15) is 0 Å². The lowest BCUT2D eigenvalue weighted by molar-refractivity contribution is -0.141. The first-order chi connectivity index (χ1) is 8.22. The summed E-state index contributed by atoms with van der Waals surface area (Å²) in [5.41, 5.74) is -0.366. The molecule has 0 radical (unpaired) electrons. The highest BCUT2D eigenvalue weighted by Gasteiger charge is 2.42. The van der Waals surface area contributed by atoms with Crippen molar-refractivity contribution in [3.8, 4) is 0 Å². The van der Waals surface area contributed by atoms with Crippen molar-refractivity contribution in [3.63, 3.8) is 0 Å². The molecule has 1 unspecified atom stereocenters. The molecule has 84 valence electrons. The predicted octanol–water partition coefficient (Wildman–Crippen LogP) is 0.810. The molecule has 0 amide bonds. The van der Waals surface area contributed by atoms with Gasteiger partial charge in [-0.05, 0) is 17.7 Å². The van der Waals surface area contributed by atoms with Gasteiger partial charge in [-0.1, -0.05) is 36.4 Å². The molecule has 3 heteroatoms. The molecule has 0 fully saturated rings. The second-order valence-corrected chi connectivity index (χ2v) is 4.23. The number of fused-ring (bicyclic) bond motifs is 2. The quantitative estimate of drug-likeness (QED) is 0.769. The summed E-state index contributed by atoms with van der Waals surface area (Å²) in [5.74, 6) is -0.890. The van der Waals surface area contributed by atoms with Gasteiger partial charge in [0.25, 0.3) is 0 Å². The number of benzene rings is 1. The Balaban J connectivity index is 2.36. The molecule has 2 aliphatic rings. The Hall–Kier alpha value is -2.16. The van der Waals surface area contributed by atoms with Crippen LogP contribution < -0.4 is 10.6 Å². The zero-order valence-electron chi connectivity index (χ0n) is 9.13. The van der Waals surface area contributed by atoms with Crippen LogP contribution in [-0.2, 0) is 4.79 Å². The predicted molar refractivity (Wildman–Crippen MR) is 63.9 cm³/mol. The van der Waals surface area contributed by atoms with Crippen LogP contribution in [0.3, 0.4) is 0 Å². The van der Waals surface area contributed by atoms with E-state index in [1.807, 2.05) is 48.6 Å². The number of hydrogen-bond donors (Lipinski definition) is 1. The van der Waals surface area contributed by atoms with Gasteiger partial charge in [0.2, 0.25) is 0 Å². The summed E-state index contributed by atoms with van der Waals surface area (Å²) in [6.07, 6.45) is 7.90. The van der Waals surface area contributed by atoms with Crippen molar-refractivity contribution < 1.29 is 9.90 Å².